The number of imidazole rings is 1. The van der Waals surface area contributed by atoms with E-state index in [1.54, 1.807) is 18.2 Å². The topological polar surface area (TPSA) is 109 Å². The molecule has 0 spiro atoms. The Bertz CT molecular complexity index is 958. The fraction of sp³-hybridized carbons (Fsp3) is 0. The van der Waals surface area contributed by atoms with Gasteiger partial charge < -0.3 is 0 Å². The summed E-state index contributed by atoms with van der Waals surface area (Å²) in [5, 5.41) is 5.36. The Balaban J connectivity index is 2.10. The number of hydrogen-bond acceptors (Lipinski definition) is 5. The number of sulfonamides is 1. The second-order valence-electron chi connectivity index (χ2n) is 4.05. The molecule has 0 saturated heterocycles. The SMILES string of the molecule is O=c1ccc(NS(=O)(=O)c2c(Cl)nc3ccccn23)n[nH]1. The van der Waals surface area contributed by atoms with Crippen LogP contribution in [0.3, 0.4) is 0 Å². The third-order valence-electron chi connectivity index (χ3n) is 2.62. The standard InChI is InChI=1S/C11H8ClN5O3S/c12-10-11(17-6-2-1-3-8(17)13-10)21(19,20)16-7-4-5-9(18)15-14-7/h1-6H,(H,14,16)(H,15,18). The van der Waals surface area contributed by atoms with Crippen LogP contribution in [0.15, 0.2) is 46.3 Å². The number of rotatable bonds is 3. The minimum atomic E-state index is -4.01. The van der Waals surface area contributed by atoms with Gasteiger partial charge in [0.25, 0.3) is 15.6 Å². The van der Waals surface area contributed by atoms with Gasteiger partial charge >= 0.3 is 0 Å². The minimum Gasteiger partial charge on any atom is -0.288 e. The third kappa shape index (κ3) is 2.48. The summed E-state index contributed by atoms with van der Waals surface area (Å²) in [4.78, 5) is 14.9. The number of aromatic amines is 1. The molecule has 108 valence electrons. The number of hydrogen-bond donors (Lipinski definition) is 2. The second kappa shape index (κ2) is 4.86. The molecule has 0 aliphatic rings. The zero-order chi connectivity index (χ0) is 15.0. The van der Waals surface area contributed by atoms with Crippen LogP contribution in [-0.2, 0) is 10.0 Å². The van der Waals surface area contributed by atoms with E-state index in [9.17, 15) is 13.2 Å². The van der Waals surface area contributed by atoms with Crippen LogP contribution >= 0.6 is 11.6 Å². The second-order valence-corrected chi connectivity index (χ2v) is 6.00. The maximum absolute atomic E-state index is 12.4. The fourth-order valence-corrected chi connectivity index (χ4v) is 3.42. The van der Waals surface area contributed by atoms with Gasteiger partial charge in [0.05, 0.1) is 0 Å². The molecule has 0 amide bonds. The lowest BCUT2D eigenvalue weighted by molar-refractivity contribution is 0.596. The van der Waals surface area contributed by atoms with E-state index >= 15 is 0 Å². The van der Waals surface area contributed by atoms with E-state index in [1.165, 1.54) is 16.7 Å². The monoisotopic (exact) mass is 325 g/mol. The van der Waals surface area contributed by atoms with Gasteiger partial charge in [0.1, 0.15) is 5.65 Å². The predicted molar refractivity (Wildman–Crippen MR) is 75.9 cm³/mol. The highest BCUT2D eigenvalue weighted by molar-refractivity contribution is 7.92. The van der Waals surface area contributed by atoms with Gasteiger partial charge in [-0.05, 0) is 18.2 Å². The summed E-state index contributed by atoms with van der Waals surface area (Å²) in [7, 11) is -4.01. The molecular weight excluding hydrogens is 318 g/mol. The van der Waals surface area contributed by atoms with Crippen molar-refractivity contribution in [3.05, 3.63) is 52.0 Å². The number of nitrogens with one attached hydrogen (secondary N) is 2. The number of halogens is 1. The Morgan fingerprint density at radius 2 is 2.05 bits per heavy atom. The molecule has 21 heavy (non-hydrogen) atoms. The average Bonchev–Trinajstić information content (AvgIpc) is 2.77. The first-order chi connectivity index (χ1) is 9.97. The minimum absolute atomic E-state index is 0.0310. The Hall–Kier alpha value is -2.39. The molecule has 10 heteroatoms. The van der Waals surface area contributed by atoms with Gasteiger partial charge in [0.2, 0.25) is 0 Å². The highest BCUT2D eigenvalue weighted by Crippen LogP contribution is 2.23. The van der Waals surface area contributed by atoms with Crippen molar-refractivity contribution in [1.82, 2.24) is 19.6 Å². The number of nitrogens with zero attached hydrogens (tertiary/aromatic N) is 3. The average molecular weight is 326 g/mol. The molecule has 3 aromatic rings. The van der Waals surface area contributed by atoms with Crippen molar-refractivity contribution in [1.29, 1.82) is 0 Å². The van der Waals surface area contributed by atoms with Crippen molar-refractivity contribution < 1.29 is 8.42 Å². The molecule has 0 aliphatic heterocycles. The summed E-state index contributed by atoms with van der Waals surface area (Å²) >= 11 is 5.91. The first kappa shape index (κ1) is 13.6. The van der Waals surface area contributed by atoms with Crippen molar-refractivity contribution in [3.8, 4) is 0 Å². The molecule has 0 fully saturated rings. The Labute approximate surface area is 123 Å². The quantitative estimate of drug-likeness (QED) is 0.742. The smallest absolute Gasteiger partial charge is 0.282 e. The zero-order valence-electron chi connectivity index (χ0n) is 10.3. The molecule has 3 rings (SSSR count). The van der Waals surface area contributed by atoms with Crippen LogP contribution in [0.1, 0.15) is 0 Å². The molecule has 0 unspecified atom stereocenters. The van der Waals surface area contributed by atoms with Gasteiger partial charge in [-0.2, -0.15) is 13.5 Å². The van der Waals surface area contributed by atoms with Gasteiger partial charge in [-0.1, -0.05) is 17.7 Å². The van der Waals surface area contributed by atoms with Gasteiger partial charge in [-0.3, -0.25) is 13.9 Å². The van der Waals surface area contributed by atoms with E-state index in [0.717, 1.165) is 6.07 Å². The summed E-state index contributed by atoms with van der Waals surface area (Å²) in [6.07, 6.45) is 1.53. The Kier molecular flexibility index (Phi) is 3.15. The van der Waals surface area contributed by atoms with E-state index in [0.29, 0.717) is 5.65 Å². The molecule has 3 heterocycles. The van der Waals surface area contributed by atoms with Crippen LogP contribution in [0.25, 0.3) is 5.65 Å². The number of anilines is 1. The van der Waals surface area contributed by atoms with Gasteiger partial charge in [0, 0.05) is 12.3 Å². The van der Waals surface area contributed by atoms with Gasteiger partial charge in [-0.15, -0.1) is 0 Å². The van der Waals surface area contributed by atoms with Crippen LogP contribution in [0.5, 0.6) is 0 Å². The molecule has 8 nitrogen and oxygen atoms in total. The van der Waals surface area contributed by atoms with Crippen molar-refractivity contribution in [2.45, 2.75) is 5.03 Å². The number of pyridine rings is 1. The van der Waals surface area contributed by atoms with Crippen molar-refractivity contribution in [2.75, 3.05) is 4.72 Å². The maximum atomic E-state index is 12.4. The molecule has 0 saturated carbocycles. The largest absolute Gasteiger partial charge is 0.288 e. The van der Waals surface area contributed by atoms with E-state index in [2.05, 4.69) is 19.9 Å². The van der Waals surface area contributed by atoms with Crippen LogP contribution < -0.4 is 10.3 Å². The maximum Gasteiger partial charge on any atom is 0.282 e. The lowest BCUT2D eigenvalue weighted by atomic mass is 10.5. The summed E-state index contributed by atoms with van der Waals surface area (Å²) < 4.78 is 28.4. The van der Waals surface area contributed by atoms with Crippen molar-refractivity contribution in [2.24, 2.45) is 0 Å². The number of H-pyrrole nitrogens is 1. The van der Waals surface area contributed by atoms with Gasteiger partial charge in [-0.25, -0.2) is 10.1 Å². The van der Waals surface area contributed by atoms with Crippen molar-refractivity contribution in [3.63, 3.8) is 0 Å². The van der Waals surface area contributed by atoms with E-state index in [4.69, 9.17) is 11.6 Å². The third-order valence-corrected chi connectivity index (χ3v) is 4.37. The van der Waals surface area contributed by atoms with E-state index in [-0.39, 0.29) is 16.0 Å². The Morgan fingerprint density at radius 3 is 2.76 bits per heavy atom. The Morgan fingerprint density at radius 1 is 1.24 bits per heavy atom. The first-order valence-electron chi connectivity index (χ1n) is 5.68. The van der Waals surface area contributed by atoms with Crippen LogP contribution in [0.4, 0.5) is 5.82 Å². The predicted octanol–water partition coefficient (Wildman–Crippen LogP) is 0.872. The summed E-state index contributed by atoms with van der Waals surface area (Å²) in [5.41, 5.74) is -0.0388. The normalized spacial score (nSPS) is 11.7. The lowest BCUT2D eigenvalue weighted by Gasteiger charge is -2.06. The first-order valence-corrected chi connectivity index (χ1v) is 7.55. The highest BCUT2D eigenvalue weighted by Gasteiger charge is 2.24. The summed E-state index contributed by atoms with van der Waals surface area (Å²) in [6, 6.07) is 7.39. The lowest BCUT2D eigenvalue weighted by Crippen LogP contribution is -2.18. The summed E-state index contributed by atoms with van der Waals surface area (Å²) in [6.45, 7) is 0. The number of aromatic nitrogens is 4. The van der Waals surface area contributed by atoms with Crippen LogP contribution in [0.2, 0.25) is 5.15 Å². The molecule has 0 bridgehead atoms. The van der Waals surface area contributed by atoms with E-state index < -0.39 is 15.6 Å². The molecule has 0 aromatic carbocycles. The summed E-state index contributed by atoms with van der Waals surface area (Å²) in [5.74, 6) is -0.0310. The number of fused-ring (bicyclic) bond motifs is 1. The fourth-order valence-electron chi connectivity index (χ4n) is 1.77. The molecule has 2 N–H and O–H groups in total. The van der Waals surface area contributed by atoms with E-state index in [1.807, 2.05) is 0 Å². The molecule has 3 aromatic heterocycles. The van der Waals surface area contributed by atoms with Crippen LogP contribution in [-0.4, -0.2) is 28.0 Å². The zero-order valence-corrected chi connectivity index (χ0v) is 11.9. The molecule has 0 radical (unpaired) electrons. The highest BCUT2D eigenvalue weighted by atomic mass is 35.5. The van der Waals surface area contributed by atoms with Gasteiger partial charge in [0.15, 0.2) is 16.0 Å². The molecular formula is C11H8ClN5O3S. The molecule has 0 atom stereocenters. The van der Waals surface area contributed by atoms with Crippen molar-refractivity contribution >= 4 is 33.1 Å². The van der Waals surface area contributed by atoms with Crippen LogP contribution in [0, 0.1) is 0 Å². The molecule has 0 aliphatic carbocycles.